The Balaban J connectivity index is 1.39. The number of benzene rings is 2. The van der Waals surface area contributed by atoms with Crippen molar-refractivity contribution in [2.75, 3.05) is 36.8 Å². The minimum atomic E-state index is -0.252. The number of rotatable bonds is 6. The van der Waals surface area contributed by atoms with Crippen LogP contribution in [-0.2, 0) is 4.79 Å². The lowest BCUT2D eigenvalue weighted by atomic mass is 10.0. The van der Waals surface area contributed by atoms with Gasteiger partial charge in [-0.2, -0.15) is 5.10 Å². The highest BCUT2D eigenvalue weighted by Crippen LogP contribution is 2.28. The fraction of sp³-hybridized carbons (Fsp3) is 0.348. The zero-order chi connectivity index (χ0) is 21.6. The number of piperidine rings is 1. The van der Waals surface area contributed by atoms with E-state index < -0.39 is 0 Å². The number of fused-ring (bicyclic) bond motifs is 1. The first kappa shape index (κ1) is 20.9. The molecule has 1 aliphatic heterocycles. The smallest absolute Gasteiger partial charge is 0.320 e. The number of hydrogen-bond donors (Lipinski definition) is 4. The average molecular weight is 421 g/mol. The van der Waals surface area contributed by atoms with Crippen molar-refractivity contribution in [1.82, 2.24) is 20.4 Å². The number of anilines is 2. The van der Waals surface area contributed by atoms with Gasteiger partial charge in [-0.15, -0.1) is 0 Å². The van der Waals surface area contributed by atoms with Crippen molar-refractivity contribution < 1.29 is 9.59 Å². The second-order valence-electron chi connectivity index (χ2n) is 7.88. The number of nitrogens with one attached hydrogen (secondary N) is 4. The summed E-state index contributed by atoms with van der Waals surface area (Å²) < 4.78 is 0. The number of urea groups is 1. The quantitative estimate of drug-likeness (QED) is 0.487. The number of nitrogens with zero attached hydrogens (tertiary/aromatic N) is 2. The predicted octanol–water partition coefficient (Wildman–Crippen LogP) is 3.80. The van der Waals surface area contributed by atoms with Gasteiger partial charge >= 0.3 is 6.03 Å². The first-order valence-electron chi connectivity index (χ1n) is 10.7. The number of carbonyl (C=O) groups excluding carboxylic acids is 2. The van der Waals surface area contributed by atoms with E-state index in [1.54, 1.807) is 0 Å². The standard InChI is InChI=1S/C23H28N6O2/c1-16(30)25-19-7-5-6-17(14-19)18-8-9-20-21(15-18)27-28-22(20)26-23(31)24-10-13-29-11-3-2-4-12-29/h5-9,14-15H,2-4,10-13H2,1H3,(H,25,30)(H3,24,26,27,28,31). The second-order valence-corrected chi connectivity index (χ2v) is 7.88. The third-order valence-corrected chi connectivity index (χ3v) is 5.47. The van der Waals surface area contributed by atoms with Crippen LogP contribution in [0.1, 0.15) is 26.2 Å². The van der Waals surface area contributed by atoms with Gasteiger partial charge in [0.15, 0.2) is 5.82 Å². The molecule has 0 atom stereocenters. The Kier molecular flexibility index (Phi) is 6.47. The molecule has 8 nitrogen and oxygen atoms in total. The second kappa shape index (κ2) is 9.61. The molecule has 0 radical (unpaired) electrons. The number of likely N-dealkylation sites (tertiary alicyclic amines) is 1. The van der Waals surface area contributed by atoms with E-state index in [0.29, 0.717) is 12.4 Å². The average Bonchev–Trinajstić information content (AvgIpc) is 3.16. The van der Waals surface area contributed by atoms with E-state index in [0.717, 1.165) is 47.4 Å². The molecule has 1 saturated heterocycles. The van der Waals surface area contributed by atoms with Crippen molar-refractivity contribution >= 4 is 34.3 Å². The number of H-pyrrole nitrogens is 1. The van der Waals surface area contributed by atoms with Gasteiger partial charge in [-0.25, -0.2) is 4.79 Å². The van der Waals surface area contributed by atoms with Crippen LogP contribution in [0, 0.1) is 0 Å². The summed E-state index contributed by atoms with van der Waals surface area (Å²) in [5.41, 5.74) is 3.54. The molecule has 8 heteroatoms. The Morgan fingerprint density at radius 1 is 1.03 bits per heavy atom. The Bertz CT molecular complexity index is 1070. The lowest BCUT2D eigenvalue weighted by Gasteiger charge is -2.26. The monoisotopic (exact) mass is 420 g/mol. The fourth-order valence-corrected chi connectivity index (χ4v) is 3.94. The van der Waals surface area contributed by atoms with Gasteiger partial charge in [-0.1, -0.05) is 24.6 Å². The van der Waals surface area contributed by atoms with E-state index in [2.05, 4.69) is 31.0 Å². The predicted molar refractivity (Wildman–Crippen MR) is 123 cm³/mol. The highest BCUT2D eigenvalue weighted by atomic mass is 16.2. The Morgan fingerprint density at radius 2 is 1.84 bits per heavy atom. The molecular formula is C23H28N6O2. The van der Waals surface area contributed by atoms with Gasteiger partial charge in [-0.05, 0) is 61.3 Å². The summed E-state index contributed by atoms with van der Waals surface area (Å²) in [4.78, 5) is 26.0. The van der Waals surface area contributed by atoms with Gasteiger partial charge in [-0.3, -0.25) is 15.2 Å². The molecular weight excluding hydrogens is 392 g/mol. The van der Waals surface area contributed by atoms with Crippen molar-refractivity contribution in [3.63, 3.8) is 0 Å². The van der Waals surface area contributed by atoms with Crippen LogP contribution in [0.25, 0.3) is 22.0 Å². The van der Waals surface area contributed by atoms with Crippen LogP contribution in [0.3, 0.4) is 0 Å². The molecule has 3 amide bonds. The Labute approximate surface area is 181 Å². The molecule has 0 spiro atoms. The highest BCUT2D eigenvalue weighted by Gasteiger charge is 2.12. The van der Waals surface area contributed by atoms with Crippen LogP contribution >= 0.6 is 0 Å². The third-order valence-electron chi connectivity index (χ3n) is 5.47. The molecule has 31 heavy (non-hydrogen) atoms. The molecule has 4 rings (SSSR count). The SMILES string of the molecule is CC(=O)Nc1cccc(-c2ccc3c(NC(=O)NCCN4CCCCC4)n[nH]c3c2)c1. The van der Waals surface area contributed by atoms with Gasteiger partial charge in [0, 0.05) is 31.1 Å². The summed E-state index contributed by atoms with van der Waals surface area (Å²) >= 11 is 0. The molecule has 4 N–H and O–H groups in total. The molecule has 0 bridgehead atoms. The van der Waals surface area contributed by atoms with Crippen LogP contribution in [0.2, 0.25) is 0 Å². The summed E-state index contributed by atoms with van der Waals surface area (Å²) in [5, 5.41) is 16.6. The normalized spacial score (nSPS) is 14.4. The summed E-state index contributed by atoms with van der Waals surface area (Å²) in [6, 6.07) is 13.3. The van der Waals surface area contributed by atoms with Gasteiger partial charge in [0.05, 0.1) is 5.52 Å². The minimum absolute atomic E-state index is 0.105. The molecule has 0 saturated carbocycles. The lowest BCUT2D eigenvalue weighted by Crippen LogP contribution is -2.39. The molecule has 1 aliphatic rings. The Hall–Kier alpha value is -3.39. The molecule has 0 unspecified atom stereocenters. The molecule has 2 aromatic carbocycles. The summed E-state index contributed by atoms with van der Waals surface area (Å²) in [5.74, 6) is 0.398. The maximum Gasteiger partial charge on any atom is 0.320 e. The van der Waals surface area contributed by atoms with Crippen LogP contribution in [-0.4, -0.2) is 53.2 Å². The van der Waals surface area contributed by atoms with E-state index in [1.807, 2.05) is 42.5 Å². The molecule has 2 heterocycles. The van der Waals surface area contributed by atoms with E-state index in [-0.39, 0.29) is 11.9 Å². The van der Waals surface area contributed by atoms with Crippen molar-refractivity contribution in [1.29, 1.82) is 0 Å². The Morgan fingerprint density at radius 3 is 2.65 bits per heavy atom. The third kappa shape index (κ3) is 5.40. The zero-order valence-corrected chi connectivity index (χ0v) is 17.7. The van der Waals surface area contributed by atoms with E-state index in [1.165, 1.54) is 26.2 Å². The molecule has 162 valence electrons. The maximum atomic E-state index is 12.3. The van der Waals surface area contributed by atoms with E-state index in [9.17, 15) is 9.59 Å². The van der Waals surface area contributed by atoms with E-state index >= 15 is 0 Å². The fourth-order valence-electron chi connectivity index (χ4n) is 3.94. The summed E-state index contributed by atoms with van der Waals surface area (Å²) in [6.45, 7) is 5.20. The number of aromatic amines is 1. The zero-order valence-electron chi connectivity index (χ0n) is 17.7. The largest absolute Gasteiger partial charge is 0.337 e. The maximum absolute atomic E-state index is 12.3. The summed E-state index contributed by atoms with van der Waals surface area (Å²) in [7, 11) is 0. The van der Waals surface area contributed by atoms with Crippen LogP contribution in [0.15, 0.2) is 42.5 Å². The number of hydrogen-bond acceptors (Lipinski definition) is 4. The minimum Gasteiger partial charge on any atom is -0.337 e. The van der Waals surface area contributed by atoms with Crippen LogP contribution < -0.4 is 16.0 Å². The molecule has 0 aliphatic carbocycles. The number of carbonyl (C=O) groups is 2. The number of amides is 3. The van der Waals surface area contributed by atoms with Crippen LogP contribution in [0.5, 0.6) is 0 Å². The van der Waals surface area contributed by atoms with Crippen molar-refractivity contribution in [3.8, 4) is 11.1 Å². The first-order chi connectivity index (χ1) is 15.1. The molecule has 1 aromatic heterocycles. The topological polar surface area (TPSA) is 102 Å². The number of aromatic nitrogens is 2. The lowest BCUT2D eigenvalue weighted by molar-refractivity contribution is -0.114. The molecule has 3 aromatic rings. The first-order valence-corrected chi connectivity index (χ1v) is 10.7. The highest BCUT2D eigenvalue weighted by molar-refractivity contribution is 6.00. The van der Waals surface area contributed by atoms with Gasteiger partial charge in [0.25, 0.3) is 0 Å². The van der Waals surface area contributed by atoms with Crippen molar-refractivity contribution in [2.45, 2.75) is 26.2 Å². The van der Waals surface area contributed by atoms with Crippen LogP contribution in [0.4, 0.5) is 16.3 Å². The van der Waals surface area contributed by atoms with Gasteiger partial charge in [0.1, 0.15) is 0 Å². The van der Waals surface area contributed by atoms with Gasteiger partial charge < -0.3 is 15.5 Å². The van der Waals surface area contributed by atoms with E-state index in [4.69, 9.17) is 0 Å². The van der Waals surface area contributed by atoms with Crippen molar-refractivity contribution in [3.05, 3.63) is 42.5 Å². The van der Waals surface area contributed by atoms with Crippen molar-refractivity contribution in [2.24, 2.45) is 0 Å². The summed E-state index contributed by atoms with van der Waals surface area (Å²) in [6.07, 6.45) is 3.79. The molecule has 1 fully saturated rings. The van der Waals surface area contributed by atoms with Gasteiger partial charge in [0.2, 0.25) is 5.91 Å².